The number of phenolic OH excluding ortho intramolecular Hbond substituents is 1. The number of rotatable bonds is 10. The van der Waals surface area contributed by atoms with E-state index in [0.717, 1.165) is 0 Å². The van der Waals surface area contributed by atoms with Crippen LogP contribution in [0.4, 0.5) is 4.79 Å². The molecule has 0 fully saturated rings. The Hall–Kier alpha value is -3.46. The van der Waals surface area contributed by atoms with Crippen molar-refractivity contribution in [2.75, 3.05) is 19.8 Å². The molecule has 0 saturated heterocycles. The van der Waals surface area contributed by atoms with E-state index in [4.69, 9.17) is 49.0 Å². The average molecular weight is 567 g/mol. The molecule has 0 saturated carbocycles. The number of phenols is 1. The summed E-state index contributed by atoms with van der Waals surface area (Å²) in [6, 6.07) is 13.6. The molecule has 0 unspecified atom stereocenters. The van der Waals surface area contributed by atoms with Crippen molar-refractivity contribution < 1.29 is 33.7 Å². The number of hydrogen-bond acceptors (Lipinski definition) is 7. The Balaban J connectivity index is 1.64. The van der Waals surface area contributed by atoms with Gasteiger partial charge in [0.1, 0.15) is 18.0 Å². The molecule has 0 aliphatic heterocycles. The summed E-state index contributed by atoms with van der Waals surface area (Å²) in [5, 5.41) is 13.4. The number of carbonyl (C=O) groups excluding carboxylic acids is 3. The Kier molecular flexibility index (Phi) is 10.0. The second-order valence-electron chi connectivity index (χ2n) is 7.55. The van der Waals surface area contributed by atoms with Crippen LogP contribution in [-0.4, -0.2) is 42.7 Å². The summed E-state index contributed by atoms with van der Waals surface area (Å²) in [6.45, 7) is 1.59. The fourth-order valence-electron chi connectivity index (χ4n) is 3.16. The summed E-state index contributed by atoms with van der Waals surface area (Å²) >= 11 is 18.6. The zero-order chi connectivity index (χ0) is 26.9. The van der Waals surface area contributed by atoms with Crippen LogP contribution in [0.1, 0.15) is 28.4 Å². The maximum absolute atomic E-state index is 12.8. The van der Waals surface area contributed by atoms with Crippen LogP contribution in [-0.2, 0) is 20.7 Å². The maximum atomic E-state index is 12.8. The van der Waals surface area contributed by atoms with Gasteiger partial charge in [-0.2, -0.15) is 0 Å². The summed E-state index contributed by atoms with van der Waals surface area (Å²) in [5.41, 5.74) is 1.04. The van der Waals surface area contributed by atoms with Crippen LogP contribution >= 0.6 is 34.8 Å². The van der Waals surface area contributed by atoms with Crippen molar-refractivity contribution >= 4 is 52.6 Å². The lowest BCUT2D eigenvalue weighted by Gasteiger charge is -2.13. The molecule has 0 spiro atoms. The number of benzene rings is 3. The highest BCUT2D eigenvalue weighted by Gasteiger charge is 2.17. The number of ether oxygens (including phenoxy) is 3. The lowest BCUT2D eigenvalue weighted by molar-refractivity contribution is -0.141. The minimum absolute atomic E-state index is 0.00958. The van der Waals surface area contributed by atoms with Crippen LogP contribution in [0.3, 0.4) is 0 Å². The van der Waals surface area contributed by atoms with E-state index < -0.39 is 17.8 Å². The fourth-order valence-corrected chi connectivity index (χ4v) is 3.89. The molecule has 3 aromatic carbocycles. The molecule has 0 aliphatic rings. The maximum Gasteiger partial charge on any atom is 0.407 e. The minimum Gasteiger partial charge on any atom is -0.507 e. The van der Waals surface area contributed by atoms with Gasteiger partial charge in [0, 0.05) is 17.0 Å². The number of amides is 1. The predicted molar refractivity (Wildman–Crippen MR) is 139 cm³/mol. The minimum atomic E-state index is -0.763. The summed E-state index contributed by atoms with van der Waals surface area (Å²) in [7, 11) is 0. The molecule has 37 heavy (non-hydrogen) atoms. The Morgan fingerprint density at radius 3 is 2.24 bits per heavy atom. The van der Waals surface area contributed by atoms with Gasteiger partial charge in [-0.1, -0.05) is 34.8 Å². The monoisotopic (exact) mass is 565 g/mol. The highest BCUT2D eigenvalue weighted by molar-refractivity contribution is 6.37. The van der Waals surface area contributed by atoms with Crippen molar-refractivity contribution in [3.63, 3.8) is 0 Å². The Morgan fingerprint density at radius 1 is 0.919 bits per heavy atom. The van der Waals surface area contributed by atoms with E-state index in [1.165, 1.54) is 18.2 Å². The molecule has 0 aromatic heterocycles. The molecule has 194 valence electrons. The van der Waals surface area contributed by atoms with E-state index >= 15 is 0 Å². The molecule has 0 atom stereocenters. The van der Waals surface area contributed by atoms with Crippen LogP contribution in [0, 0.1) is 0 Å². The number of aromatic hydroxyl groups is 1. The number of alkyl carbamates (subject to hydrolysis) is 1. The molecule has 11 heteroatoms. The van der Waals surface area contributed by atoms with Gasteiger partial charge in [0.25, 0.3) is 0 Å². The molecule has 3 rings (SSSR count). The van der Waals surface area contributed by atoms with Gasteiger partial charge in [0.2, 0.25) is 0 Å². The van der Waals surface area contributed by atoms with E-state index in [1.807, 2.05) is 0 Å². The molecule has 1 amide bonds. The van der Waals surface area contributed by atoms with E-state index in [0.29, 0.717) is 22.6 Å². The molecule has 0 heterocycles. The van der Waals surface area contributed by atoms with Gasteiger partial charge in [-0.05, 0) is 67.1 Å². The predicted octanol–water partition coefficient (Wildman–Crippen LogP) is 6.21. The average Bonchev–Trinajstić information content (AvgIpc) is 2.86. The highest BCUT2D eigenvalue weighted by Crippen LogP contribution is 2.38. The lowest BCUT2D eigenvalue weighted by Crippen LogP contribution is -2.31. The number of hydrogen-bond donors (Lipinski definition) is 2. The zero-order valence-corrected chi connectivity index (χ0v) is 21.8. The smallest absolute Gasteiger partial charge is 0.407 e. The van der Waals surface area contributed by atoms with Crippen molar-refractivity contribution in [2.45, 2.75) is 13.3 Å². The Bertz CT molecular complexity index is 1270. The Labute approximate surface area is 228 Å². The molecule has 8 nitrogen and oxygen atoms in total. The molecule has 0 radical (unpaired) electrons. The van der Waals surface area contributed by atoms with Crippen molar-refractivity contribution in [1.82, 2.24) is 5.32 Å². The van der Waals surface area contributed by atoms with Crippen LogP contribution in [0.25, 0.3) is 0 Å². The van der Waals surface area contributed by atoms with Gasteiger partial charge < -0.3 is 24.6 Å². The highest BCUT2D eigenvalue weighted by atomic mass is 35.5. The summed E-state index contributed by atoms with van der Waals surface area (Å²) in [6.07, 6.45) is -0.465. The summed E-state index contributed by atoms with van der Waals surface area (Å²) < 4.78 is 15.6. The first kappa shape index (κ1) is 28.1. The first-order valence-electron chi connectivity index (χ1n) is 11.0. The van der Waals surface area contributed by atoms with E-state index in [-0.39, 0.29) is 52.6 Å². The normalized spacial score (nSPS) is 10.5. The van der Waals surface area contributed by atoms with E-state index in [2.05, 4.69) is 5.32 Å². The van der Waals surface area contributed by atoms with Gasteiger partial charge >= 0.3 is 12.1 Å². The third-order valence-electron chi connectivity index (χ3n) is 4.90. The SMILES string of the molecule is CCOC(=O)CNC(=O)OCCc1cc(Cl)c(Oc2ccc(O)c(C(=O)c3ccc(Cl)cc3)c2)c(Cl)c1. The number of carbonyl (C=O) groups is 3. The largest absolute Gasteiger partial charge is 0.507 e. The quantitative estimate of drug-likeness (QED) is 0.222. The summed E-state index contributed by atoms with van der Waals surface area (Å²) in [4.78, 5) is 35.8. The van der Waals surface area contributed by atoms with Crippen molar-refractivity contribution in [2.24, 2.45) is 0 Å². The van der Waals surface area contributed by atoms with Gasteiger partial charge in [0.15, 0.2) is 11.5 Å². The van der Waals surface area contributed by atoms with Crippen LogP contribution in [0.5, 0.6) is 17.2 Å². The molecule has 0 bridgehead atoms. The third kappa shape index (κ3) is 8.01. The molecular formula is C26H22Cl3NO7. The molecule has 0 aliphatic carbocycles. The van der Waals surface area contributed by atoms with Gasteiger partial charge in [-0.25, -0.2) is 4.79 Å². The first-order chi connectivity index (χ1) is 17.7. The van der Waals surface area contributed by atoms with Crippen molar-refractivity contribution in [1.29, 1.82) is 0 Å². The van der Waals surface area contributed by atoms with E-state index in [9.17, 15) is 19.5 Å². The first-order valence-corrected chi connectivity index (χ1v) is 12.2. The fraction of sp³-hybridized carbons (Fsp3) is 0.192. The number of nitrogens with one attached hydrogen (secondary N) is 1. The number of ketones is 1. The molecule has 2 N–H and O–H groups in total. The van der Waals surface area contributed by atoms with Crippen LogP contribution in [0.15, 0.2) is 54.6 Å². The second-order valence-corrected chi connectivity index (χ2v) is 8.80. The number of esters is 1. The van der Waals surface area contributed by atoms with Crippen molar-refractivity contribution in [3.05, 3.63) is 86.4 Å². The van der Waals surface area contributed by atoms with Gasteiger partial charge in [-0.15, -0.1) is 0 Å². The molecular weight excluding hydrogens is 545 g/mol. The third-order valence-corrected chi connectivity index (χ3v) is 5.72. The zero-order valence-electron chi connectivity index (χ0n) is 19.6. The topological polar surface area (TPSA) is 111 Å². The lowest BCUT2D eigenvalue weighted by atomic mass is 10.0. The Morgan fingerprint density at radius 2 is 1.59 bits per heavy atom. The van der Waals surface area contributed by atoms with Crippen LogP contribution in [0.2, 0.25) is 15.1 Å². The standard InChI is InChI=1S/C26H22Cl3NO7/c1-2-35-23(32)14-30-26(34)36-10-9-15-11-20(28)25(21(29)12-15)37-18-7-8-22(31)19(13-18)24(33)16-3-5-17(27)6-4-16/h3-8,11-13,31H,2,9-10,14H2,1H3,(H,30,34). The second kappa shape index (κ2) is 13.2. The van der Waals surface area contributed by atoms with Gasteiger partial charge in [0.05, 0.1) is 28.8 Å². The van der Waals surface area contributed by atoms with Crippen molar-refractivity contribution in [3.8, 4) is 17.2 Å². The molecule has 3 aromatic rings. The summed E-state index contributed by atoms with van der Waals surface area (Å²) in [5.74, 6) is -0.822. The van der Waals surface area contributed by atoms with Crippen LogP contribution < -0.4 is 10.1 Å². The van der Waals surface area contributed by atoms with E-state index in [1.54, 1.807) is 43.3 Å². The number of halogens is 3. The van der Waals surface area contributed by atoms with Gasteiger partial charge in [-0.3, -0.25) is 9.59 Å².